The first-order valence-electron chi connectivity index (χ1n) is 5.61. The highest BCUT2D eigenvalue weighted by molar-refractivity contribution is 7.89. The minimum Gasteiger partial charge on any atom is -0.468 e. The lowest BCUT2D eigenvalue weighted by Gasteiger charge is -2.19. The van der Waals surface area contributed by atoms with Crippen LogP contribution in [0.15, 0.2) is 11.0 Å². The summed E-state index contributed by atoms with van der Waals surface area (Å²) in [7, 11) is -1.47. The molecule has 0 aliphatic heterocycles. The van der Waals surface area contributed by atoms with Crippen LogP contribution in [0.1, 0.15) is 11.1 Å². The average molecular weight is 340 g/mol. The van der Waals surface area contributed by atoms with E-state index >= 15 is 0 Å². The summed E-state index contributed by atoms with van der Waals surface area (Å²) in [5, 5.41) is 0.403. The molecule has 0 atom stereocenters. The fourth-order valence-corrected chi connectivity index (χ4v) is 3.88. The molecule has 0 N–H and O–H groups in total. The minimum absolute atomic E-state index is 0.0874. The molecular weight excluding hydrogens is 325 g/mol. The number of likely N-dealkylation sites (N-methyl/N-ethyl adjacent to an activating group) is 1. The van der Waals surface area contributed by atoms with Crippen LogP contribution in [-0.4, -0.2) is 39.4 Å². The highest BCUT2D eigenvalue weighted by atomic mass is 35.5. The lowest BCUT2D eigenvalue weighted by molar-refractivity contribution is -0.140. The first-order valence-corrected chi connectivity index (χ1v) is 7.80. The molecule has 0 saturated heterocycles. The number of nitrogens with zero attached hydrogens (tertiary/aromatic N) is 1. The van der Waals surface area contributed by atoms with Gasteiger partial charge in [0.1, 0.15) is 11.4 Å². The van der Waals surface area contributed by atoms with E-state index in [9.17, 15) is 13.2 Å². The van der Waals surface area contributed by atoms with Gasteiger partial charge in [-0.15, -0.1) is 0 Å². The third kappa shape index (κ3) is 3.25. The molecule has 0 spiro atoms. The summed E-state index contributed by atoms with van der Waals surface area (Å²) in [6.07, 6.45) is 0. The van der Waals surface area contributed by atoms with Crippen molar-refractivity contribution in [3.05, 3.63) is 27.2 Å². The van der Waals surface area contributed by atoms with Gasteiger partial charge in [-0.05, 0) is 31.0 Å². The fourth-order valence-electron chi connectivity index (χ4n) is 1.61. The van der Waals surface area contributed by atoms with Gasteiger partial charge in [-0.3, -0.25) is 4.79 Å². The van der Waals surface area contributed by atoms with Crippen molar-refractivity contribution in [2.75, 3.05) is 20.7 Å². The molecule has 0 aromatic heterocycles. The summed E-state index contributed by atoms with van der Waals surface area (Å²) in [6.45, 7) is 2.82. The SMILES string of the molecule is COC(=O)CN(C)S(=O)(=O)c1c(C)c(Cl)cc(C)c1Cl. The van der Waals surface area contributed by atoms with E-state index in [0.29, 0.717) is 16.1 Å². The monoisotopic (exact) mass is 339 g/mol. The first-order chi connectivity index (χ1) is 9.12. The summed E-state index contributed by atoms with van der Waals surface area (Å²) in [5.41, 5.74) is 0.895. The van der Waals surface area contributed by atoms with Crippen molar-refractivity contribution in [1.82, 2.24) is 4.31 Å². The Labute approximate surface area is 128 Å². The molecule has 5 nitrogen and oxygen atoms in total. The Bertz CT molecular complexity index is 617. The molecule has 8 heteroatoms. The van der Waals surface area contributed by atoms with Gasteiger partial charge >= 0.3 is 5.97 Å². The summed E-state index contributed by atoms with van der Waals surface area (Å²) in [4.78, 5) is 11.1. The molecule has 0 saturated carbocycles. The van der Waals surface area contributed by atoms with E-state index in [1.54, 1.807) is 19.9 Å². The summed E-state index contributed by atoms with van der Waals surface area (Å²) in [5.74, 6) is -0.663. The van der Waals surface area contributed by atoms with Gasteiger partial charge in [0, 0.05) is 12.1 Å². The summed E-state index contributed by atoms with van der Waals surface area (Å²) >= 11 is 12.1. The van der Waals surface area contributed by atoms with Crippen LogP contribution in [0.5, 0.6) is 0 Å². The molecule has 1 rings (SSSR count). The number of methoxy groups -OCH3 is 1. The number of aryl methyl sites for hydroxylation is 1. The van der Waals surface area contributed by atoms with Crippen molar-refractivity contribution >= 4 is 39.2 Å². The van der Waals surface area contributed by atoms with E-state index in [2.05, 4.69) is 4.74 Å². The molecule has 112 valence electrons. The van der Waals surface area contributed by atoms with Crippen molar-refractivity contribution in [3.8, 4) is 0 Å². The van der Waals surface area contributed by atoms with Crippen molar-refractivity contribution in [2.45, 2.75) is 18.7 Å². The molecule has 1 aromatic carbocycles. The number of carbonyl (C=O) groups excluding carboxylic acids is 1. The Balaban J connectivity index is 3.40. The molecule has 1 aromatic rings. The maximum absolute atomic E-state index is 12.5. The molecule has 0 unspecified atom stereocenters. The van der Waals surface area contributed by atoms with Crippen molar-refractivity contribution in [3.63, 3.8) is 0 Å². The number of carbonyl (C=O) groups is 1. The summed E-state index contributed by atoms with van der Waals surface area (Å²) in [6, 6.07) is 1.60. The van der Waals surface area contributed by atoms with Gasteiger partial charge in [0.2, 0.25) is 10.0 Å². The Morgan fingerprint density at radius 1 is 1.35 bits per heavy atom. The van der Waals surface area contributed by atoms with E-state index in [1.165, 1.54) is 14.2 Å². The Morgan fingerprint density at radius 2 is 1.90 bits per heavy atom. The second-order valence-corrected chi connectivity index (χ2v) is 7.05. The van der Waals surface area contributed by atoms with Crippen molar-refractivity contribution in [1.29, 1.82) is 0 Å². The van der Waals surface area contributed by atoms with Gasteiger partial charge in [0.25, 0.3) is 0 Å². The highest BCUT2D eigenvalue weighted by Crippen LogP contribution is 2.34. The lowest BCUT2D eigenvalue weighted by Crippen LogP contribution is -2.33. The van der Waals surface area contributed by atoms with E-state index < -0.39 is 22.5 Å². The fraction of sp³-hybridized carbons (Fsp3) is 0.417. The van der Waals surface area contributed by atoms with Crippen LogP contribution in [0.3, 0.4) is 0 Å². The van der Waals surface area contributed by atoms with Crippen LogP contribution < -0.4 is 0 Å². The zero-order chi connectivity index (χ0) is 15.7. The van der Waals surface area contributed by atoms with Crippen LogP contribution in [0.25, 0.3) is 0 Å². The van der Waals surface area contributed by atoms with E-state index in [-0.39, 0.29) is 9.92 Å². The molecule has 0 aliphatic rings. The third-order valence-electron chi connectivity index (χ3n) is 2.84. The molecule has 0 fully saturated rings. The Morgan fingerprint density at radius 3 is 2.40 bits per heavy atom. The molecule has 20 heavy (non-hydrogen) atoms. The molecule has 0 heterocycles. The van der Waals surface area contributed by atoms with Crippen molar-refractivity contribution < 1.29 is 17.9 Å². The quantitative estimate of drug-likeness (QED) is 0.790. The zero-order valence-electron chi connectivity index (χ0n) is 11.5. The normalized spacial score (nSPS) is 11.8. The maximum atomic E-state index is 12.5. The molecule has 0 radical (unpaired) electrons. The molecule has 0 bridgehead atoms. The predicted octanol–water partition coefficient (Wildman–Crippen LogP) is 2.40. The predicted molar refractivity (Wildman–Crippen MR) is 77.8 cm³/mol. The van der Waals surface area contributed by atoms with Gasteiger partial charge in [-0.1, -0.05) is 23.2 Å². The summed E-state index contributed by atoms with van der Waals surface area (Å²) < 4.78 is 30.3. The van der Waals surface area contributed by atoms with E-state index in [4.69, 9.17) is 23.2 Å². The number of esters is 1. The number of hydrogen-bond acceptors (Lipinski definition) is 4. The molecule has 0 aliphatic carbocycles. The largest absolute Gasteiger partial charge is 0.468 e. The first kappa shape index (κ1) is 17.2. The van der Waals surface area contributed by atoms with Gasteiger partial charge in [-0.25, -0.2) is 8.42 Å². The number of sulfonamides is 1. The van der Waals surface area contributed by atoms with Gasteiger partial charge < -0.3 is 4.74 Å². The Kier molecular flexibility index (Phi) is 5.43. The van der Waals surface area contributed by atoms with E-state index in [0.717, 1.165) is 4.31 Å². The number of ether oxygens (including phenoxy) is 1. The average Bonchev–Trinajstić information content (AvgIpc) is 2.36. The Hall–Kier alpha value is -0.820. The third-order valence-corrected chi connectivity index (χ3v) is 5.80. The van der Waals surface area contributed by atoms with Crippen LogP contribution in [0.2, 0.25) is 10.0 Å². The topological polar surface area (TPSA) is 63.7 Å². The zero-order valence-corrected chi connectivity index (χ0v) is 13.9. The van der Waals surface area contributed by atoms with Crippen LogP contribution in [0, 0.1) is 13.8 Å². The molecule has 0 amide bonds. The van der Waals surface area contributed by atoms with Gasteiger partial charge in [0.15, 0.2) is 0 Å². The second-order valence-electron chi connectivity index (χ2n) is 4.28. The molecular formula is C12H15Cl2NO4S. The van der Waals surface area contributed by atoms with Crippen LogP contribution in [-0.2, 0) is 19.6 Å². The van der Waals surface area contributed by atoms with E-state index in [1.807, 2.05) is 0 Å². The number of benzene rings is 1. The van der Waals surface area contributed by atoms with Gasteiger partial charge in [0.05, 0.1) is 12.1 Å². The van der Waals surface area contributed by atoms with Crippen LogP contribution in [0.4, 0.5) is 0 Å². The van der Waals surface area contributed by atoms with Crippen molar-refractivity contribution in [2.24, 2.45) is 0 Å². The minimum atomic E-state index is -3.93. The standard InChI is InChI=1S/C12H15Cl2NO4S/c1-7-5-9(13)8(2)12(11(7)14)20(17,18)15(3)6-10(16)19-4/h5H,6H2,1-4H3. The number of halogens is 2. The highest BCUT2D eigenvalue weighted by Gasteiger charge is 2.29. The number of hydrogen-bond donors (Lipinski definition) is 0. The number of rotatable bonds is 4. The van der Waals surface area contributed by atoms with Crippen LogP contribution >= 0.6 is 23.2 Å². The van der Waals surface area contributed by atoms with Gasteiger partial charge in [-0.2, -0.15) is 4.31 Å². The second kappa shape index (κ2) is 6.30. The smallest absolute Gasteiger partial charge is 0.321 e. The maximum Gasteiger partial charge on any atom is 0.321 e. The lowest BCUT2D eigenvalue weighted by atomic mass is 10.2.